The van der Waals surface area contributed by atoms with E-state index in [1.165, 1.54) is 39.5 Å². The van der Waals surface area contributed by atoms with Crippen molar-refractivity contribution < 1.29 is 36.6 Å². The van der Waals surface area contributed by atoms with Crippen molar-refractivity contribution in [1.29, 1.82) is 0 Å². The molecule has 2 N–H and O–H groups in total. The molecule has 5 heterocycles. The van der Waals surface area contributed by atoms with Crippen LogP contribution in [0.15, 0.2) is 35.2 Å². The zero-order valence-corrected chi connectivity index (χ0v) is 22.2. The number of fused-ring (bicyclic) bond motifs is 3. The number of cyclic esters (lactones) is 1. The van der Waals surface area contributed by atoms with E-state index in [2.05, 4.69) is 10.3 Å². The smallest absolute Gasteiger partial charge is 0.415 e. The van der Waals surface area contributed by atoms with E-state index in [4.69, 9.17) is 21.1 Å². The lowest BCUT2D eigenvalue weighted by Crippen LogP contribution is -2.51. The summed E-state index contributed by atoms with van der Waals surface area (Å²) in [7, 11) is -3.92. The number of piperazine rings is 1. The molecular formula is C24H26ClF2N5O6S. The van der Waals surface area contributed by atoms with Crippen LogP contribution in [0.2, 0.25) is 5.15 Å². The molecule has 3 saturated heterocycles. The van der Waals surface area contributed by atoms with Gasteiger partial charge < -0.3 is 24.8 Å². The number of rotatable bonds is 6. The fourth-order valence-corrected chi connectivity index (χ4v) is 6.90. The average molecular weight is 586 g/mol. The number of aliphatic hydroxyl groups is 1. The predicted octanol–water partition coefficient (Wildman–Crippen LogP) is 1.64. The fraction of sp³-hybridized carbons (Fsp3) is 0.500. The van der Waals surface area contributed by atoms with Gasteiger partial charge in [-0.3, -0.25) is 4.90 Å². The molecule has 0 bridgehead atoms. The Kier molecular flexibility index (Phi) is 6.57. The molecule has 0 unspecified atom stereocenters. The number of anilines is 2. The quantitative estimate of drug-likeness (QED) is 0.487. The Hall–Kier alpha value is -2.78. The number of nitrogens with zero attached hydrogens (tertiary/aromatic N) is 4. The highest BCUT2D eigenvalue weighted by molar-refractivity contribution is 7.89. The third-order valence-electron chi connectivity index (χ3n) is 7.65. The summed E-state index contributed by atoms with van der Waals surface area (Å²) in [5.41, 5.74) is 0.163. The molecule has 1 aromatic carbocycles. The predicted molar refractivity (Wildman–Crippen MR) is 136 cm³/mol. The number of hydrogen-bond donors (Lipinski definition) is 2. The summed E-state index contributed by atoms with van der Waals surface area (Å²) >= 11 is 6.09. The van der Waals surface area contributed by atoms with Crippen LogP contribution in [-0.4, -0.2) is 93.5 Å². The molecule has 1 aromatic heterocycles. The summed E-state index contributed by atoms with van der Waals surface area (Å²) in [5.74, 6) is -3.38. The Bertz CT molecular complexity index is 1400. The van der Waals surface area contributed by atoms with E-state index in [1.807, 2.05) is 0 Å². The van der Waals surface area contributed by atoms with Gasteiger partial charge in [0.1, 0.15) is 29.4 Å². The Morgan fingerprint density at radius 3 is 2.56 bits per heavy atom. The van der Waals surface area contributed by atoms with Crippen LogP contribution in [0.1, 0.15) is 5.56 Å². The third kappa shape index (κ3) is 4.47. The number of carbonyl (C=O) groups is 1. The summed E-state index contributed by atoms with van der Waals surface area (Å²) in [6.07, 6.45) is -1.35. The Morgan fingerprint density at radius 1 is 1.15 bits per heavy atom. The molecule has 0 spiro atoms. The molecule has 39 heavy (non-hydrogen) atoms. The Morgan fingerprint density at radius 2 is 1.90 bits per heavy atom. The van der Waals surface area contributed by atoms with E-state index in [1.54, 1.807) is 4.90 Å². The van der Waals surface area contributed by atoms with Gasteiger partial charge in [0.25, 0.3) is 5.92 Å². The van der Waals surface area contributed by atoms with Crippen molar-refractivity contribution >= 4 is 39.2 Å². The van der Waals surface area contributed by atoms with Crippen LogP contribution >= 0.6 is 11.6 Å². The molecule has 210 valence electrons. The van der Waals surface area contributed by atoms with Crippen LogP contribution < -0.4 is 19.9 Å². The van der Waals surface area contributed by atoms with E-state index in [0.29, 0.717) is 5.69 Å². The number of ether oxygens (including phenoxy) is 2. The van der Waals surface area contributed by atoms with E-state index >= 15 is 0 Å². The number of sulfonamides is 1. The number of alkyl halides is 2. The first-order valence-corrected chi connectivity index (χ1v) is 14.3. The van der Waals surface area contributed by atoms with E-state index in [9.17, 15) is 27.1 Å². The Labute approximate surface area is 228 Å². The second kappa shape index (κ2) is 9.70. The molecule has 4 aliphatic heterocycles. The summed E-state index contributed by atoms with van der Waals surface area (Å²) in [6, 6.07) is 6.25. The first kappa shape index (κ1) is 26.4. The topological polar surface area (TPSA) is 125 Å². The molecule has 2 aromatic rings. The van der Waals surface area contributed by atoms with E-state index in [-0.39, 0.29) is 79.7 Å². The molecule has 6 rings (SSSR count). The van der Waals surface area contributed by atoms with E-state index in [0.717, 1.165) is 0 Å². The number of aromatic nitrogens is 1. The van der Waals surface area contributed by atoms with Crippen molar-refractivity contribution in [3.05, 3.63) is 41.0 Å². The molecular weight excluding hydrogens is 560 g/mol. The fourth-order valence-electron chi connectivity index (χ4n) is 5.25. The maximum absolute atomic E-state index is 14.9. The van der Waals surface area contributed by atoms with Crippen LogP contribution in [0, 0.1) is 5.92 Å². The highest BCUT2D eigenvalue weighted by Gasteiger charge is 2.47. The highest BCUT2D eigenvalue weighted by atomic mass is 35.5. The molecule has 1 amide bonds. The maximum Gasteiger partial charge on any atom is 0.415 e. The zero-order valence-electron chi connectivity index (χ0n) is 20.6. The van der Waals surface area contributed by atoms with Gasteiger partial charge in [0.2, 0.25) is 10.0 Å². The van der Waals surface area contributed by atoms with Gasteiger partial charge in [-0.1, -0.05) is 11.6 Å². The van der Waals surface area contributed by atoms with Crippen LogP contribution in [0.5, 0.6) is 5.75 Å². The van der Waals surface area contributed by atoms with Gasteiger partial charge in [0.05, 0.1) is 23.1 Å². The molecule has 4 aliphatic rings. The lowest BCUT2D eigenvalue weighted by atomic mass is 9.90. The van der Waals surface area contributed by atoms with Gasteiger partial charge in [-0.25, -0.2) is 27.0 Å². The lowest BCUT2D eigenvalue weighted by molar-refractivity contribution is -0.0834. The number of benzene rings is 1. The molecule has 15 heteroatoms. The van der Waals surface area contributed by atoms with Crippen molar-refractivity contribution in [3.63, 3.8) is 0 Å². The third-order valence-corrected chi connectivity index (χ3v) is 9.74. The molecule has 0 saturated carbocycles. The molecule has 11 nitrogen and oxygen atoms in total. The minimum Gasteiger partial charge on any atom is -0.489 e. The van der Waals surface area contributed by atoms with Crippen LogP contribution in [0.25, 0.3) is 0 Å². The van der Waals surface area contributed by atoms with Crippen molar-refractivity contribution in [2.24, 2.45) is 5.92 Å². The van der Waals surface area contributed by atoms with Crippen molar-refractivity contribution in [3.8, 4) is 5.75 Å². The zero-order chi connectivity index (χ0) is 27.5. The minimum atomic E-state index is -3.92. The second-order valence-electron chi connectivity index (χ2n) is 9.89. The van der Waals surface area contributed by atoms with Crippen LogP contribution in [-0.2, 0) is 20.7 Å². The van der Waals surface area contributed by atoms with Gasteiger partial charge in [-0.05, 0) is 24.3 Å². The van der Waals surface area contributed by atoms with Crippen molar-refractivity contribution in [2.75, 3.05) is 62.3 Å². The number of hydrogen-bond acceptors (Lipinski definition) is 9. The first-order chi connectivity index (χ1) is 18.6. The molecule has 0 aliphatic carbocycles. The summed E-state index contributed by atoms with van der Waals surface area (Å²) in [5, 5.41) is 12.3. The number of nitrogens with one attached hydrogen (secondary N) is 1. The normalized spacial score (nSPS) is 24.1. The first-order valence-electron chi connectivity index (χ1n) is 12.5. The number of pyridine rings is 1. The molecule has 0 radical (unpaired) electrons. The standard InChI is InChI=1S/C24H26ClF2N5O6S/c25-21-7-14(24(26,27)15-10-28-11-15)8-22(29-21)30-3-5-31(6-4-30)39(35,36)16-1-2-17-19(9-16)37-13-18-20(12-33)38-23(34)32(17)18/h1-2,7-9,15,18,20,28,33H,3-6,10-13H2/t18-,20+/m1/s1. The van der Waals surface area contributed by atoms with Gasteiger partial charge in [0.15, 0.2) is 6.10 Å². The SMILES string of the molecule is O=C1O[C@@H](CO)[C@H]2COc3cc(S(=O)(=O)N4CCN(c5cc(C(F)(F)C6CNC6)cc(Cl)n5)CC4)ccc3N12. The lowest BCUT2D eigenvalue weighted by Gasteiger charge is -2.37. The van der Waals surface area contributed by atoms with Crippen molar-refractivity contribution in [2.45, 2.75) is 23.0 Å². The van der Waals surface area contributed by atoms with Gasteiger partial charge in [-0.2, -0.15) is 4.31 Å². The van der Waals surface area contributed by atoms with E-state index < -0.39 is 40.1 Å². The minimum absolute atomic E-state index is 0.00339. The molecule has 3 fully saturated rings. The number of halogens is 3. The average Bonchev–Trinajstić information content (AvgIpc) is 3.22. The number of amides is 1. The highest BCUT2D eigenvalue weighted by Crippen LogP contribution is 2.41. The summed E-state index contributed by atoms with van der Waals surface area (Å²) < 4.78 is 68.9. The monoisotopic (exact) mass is 585 g/mol. The van der Waals surface area contributed by atoms with Crippen molar-refractivity contribution in [1.82, 2.24) is 14.6 Å². The van der Waals surface area contributed by atoms with Gasteiger partial charge in [-0.15, -0.1) is 0 Å². The summed E-state index contributed by atoms with van der Waals surface area (Å²) in [6.45, 7) is 0.809. The van der Waals surface area contributed by atoms with Crippen LogP contribution in [0.4, 0.5) is 25.1 Å². The number of carbonyl (C=O) groups excluding carboxylic acids is 1. The summed E-state index contributed by atoms with van der Waals surface area (Å²) in [4.78, 5) is 19.6. The largest absolute Gasteiger partial charge is 0.489 e. The van der Waals surface area contributed by atoms with Gasteiger partial charge >= 0.3 is 6.09 Å². The second-order valence-corrected chi connectivity index (χ2v) is 12.2. The Balaban J connectivity index is 1.17. The maximum atomic E-state index is 14.9. The van der Waals surface area contributed by atoms with Gasteiger partial charge in [0, 0.05) is 50.9 Å². The number of aliphatic hydroxyl groups excluding tert-OH is 1. The van der Waals surface area contributed by atoms with Crippen LogP contribution in [0.3, 0.4) is 0 Å². The molecule has 2 atom stereocenters.